The number of halogens is 1. The number of nitrogens with one attached hydrogen (secondary N) is 2. The maximum absolute atomic E-state index is 12.4. The molecule has 0 bridgehead atoms. The second kappa shape index (κ2) is 7.86. The van der Waals surface area contributed by atoms with E-state index in [9.17, 15) is 13.2 Å². The molecule has 2 rings (SSSR count). The Labute approximate surface area is 152 Å². The Balaban J connectivity index is 2.19. The van der Waals surface area contributed by atoms with Crippen LogP contribution in [0.25, 0.3) is 0 Å². The summed E-state index contributed by atoms with van der Waals surface area (Å²) in [6.45, 7) is 3.48. The van der Waals surface area contributed by atoms with Crippen molar-refractivity contribution in [2.75, 3.05) is 12.4 Å². The highest BCUT2D eigenvalue weighted by molar-refractivity contribution is 7.89. The minimum Gasteiger partial charge on any atom is -0.496 e. The molecule has 0 atom stereocenters. The summed E-state index contributed by atoms with van der Waals surface area (Å²) in [4.78, 5) is 12.5. The SMILES string of the molecule is COc1ccc(Cl)cc1C(=O)Nc1ccc(S(=O)(=O)NC(C)C)cc1. The van der Waals surface area contributed by atoms with Crippen LogP contribution < -0.4 is 14.8 Å². The summed E-state index contributed by atoms with van der Waals surface area (Å²) in [7, 11) is -2.11. The normalized spacial score (nSPS) is 11.4. The van der Waals surface area contributed by atoms with Crippen LogP contribution in [-0.2, 0) is 10.0 Å². The Hall–Kier alpha value is -2.09. The predicted octanol–water partition coefficient (Wildman–Crippen LogP) is 3.29. The minimum atomic E-state index is -3.57. The van der Waals surface area contributed by atoms with Gasteiger partial charge in [0.25, 0.3) is 5.91 Å². The van der Waals surface area contributed by atoms with Crippen LogP contribution in [0.4, 0.5) is 5.69 Å². The topological polar surface area (TPSA) is 84.5 Å². The van der Waals surface area contributed by atoms with E-state index in [0.29, 0.717) is 16.5 Å². The van der Waals surface area contributed by atoms with Gasteiger partial charge >= 0.3 is 0 Å². The molecule has 0 aliphatic carbocycles. The molecule has 0 fully saturated rings. The molecule has 0 aliphatic heterocycles. The standard InChI is InChI=1S/C17H19ClN2O4S/c1-11(2)20-25(22,23)14-7-5-13(6-8-14)19-17(21)15-10-12(18)4-9-16(15)24-3/h4-11,20H,1-3H3,(H,19,21). The molecule has 8 heteroatoms. The number of carbonyl (C=O) groups is 1. The average molecular weight is 383 g/mol. The molecule has 134 valence electrons. The van der Waals surface area contributed by atoms with Crippen molar-refractivity contribution in [3.05, 3.63) is 53.1 Å². The molecule has 6 nitrogen and oxygen atoms in total. The number of anilines is 1. The maximum atomic E-state index is 12.4. The molecule has 25 heavy (non-hydrogen) atoms. The summed E-state index contributed by atoms with van der Waals surface area (Å²) in [5, 5.41) is 3.10. The molecule has 2 aromatic carbocycles. The number of amides is 1. The molecule has 0 spiro atoms. The van der Waals surface area contributed by atoms with E-state index in [1.165, 1.54) is 37.4 Å². The fourth-order valence-electron chi connectivity index (χ4n) is 2.15. The van der Waals surface area contributed by atoms with E-state index in [2.05, 4.69) is 10.0 Å². The van der Waals surface area contributed by atoms with Gasteiger partial charge < -0.3 is 10.1 Å². The summed E-state index contributed by atoms with van der Waals surface area (Å²) in [5.41, 5.74) is 0.740. The lowest BCUT2D eigenvalue weighted by atomic mass is 10.2. The number of benzene rings is 2. The minimum absolute atomic E-state index is 0.125. The molecule has 2 N–H and O–H groups in total. The number of sulfonamides is 1. The van der Waals surface area contributed by atoms with Crippen LogP contribution in [0.1, 0.15) is 24.2 Å². The highest BCUT2D eigenvalue weighted by atomic mass is 35.5. The molecule has 0 heterocycles. The first-order valence-corrected chi connectivity index (χ1v) is 9.36. The van der Waals surface area contributed by atoms with E-state index in [1.54, 1.807) is 26.0 Å². The molecule has 0 aliphatic rings. The molecular formula is C17H19ClN2O4S. The molecule has 0 aromatic heterocycles. The first-order chi connectivity index (χ1) is 11.7. The predicted molar refractivity (Wildman–Crippen MR) is 97.9 cm³/mol. The van der Waals surface area contributed by atoms with Crippen LogP contribution in [0.3, 0.4) is 0 Å². The van der Waals surface area contributed by atoms with Crippen LogP contribution >= 0.6 is 11.6 Å². The summed E-state index contributed by atoms with van der Waals surface area (Å²) in [6, 6.07) is 10.4. The Morgan fingerprint density at radius 2 is 1.76 bits per heavy atom. The van der Waals surface area contributed by atoms with Crippen LogP contribution in [0.2, 0.25) is 5.02 Å². The quantitative estimate of drug-likeness (QED) is 0.802. The summed E-state index contributed by atoms with van der Waals surface area (Å²) in [5.74, 6) is -0.0162. The van der Waals surface area contributed by atoms with Crippen molar-refractivity contribution in [1.29, 1.82) is 0 Å². The lowest BCUT2D eigenvalue weighted by Gasteiger charge is -2.11. The molecule has 0 unspecified atom stereocenters. The lowest BCUT2D eigenvalue weighted by molar-refractivity contribution is 0.102. The number of methoxy groups -OCH3 is 1. The van der Waals surface area contributed by atoms with E-state index >= 15 is 0 Å². The molecule has 1 amide bonds. The molecular weight excluding hydrogens is 364 g/mol. The first-order valence-electron chi connectivity index (χ1n) is 7.50. The van der Waals surface area contributed by atoms with Gasteiger partial charge in [-0.05, 0) is 56.3 Å². The van der Waals surface area contributed by atoms with Gasteiger partial charge in [0.15, 0.2) is 0 Å². The van der Waals surface area contributed by atoms with Gasteiger partial charge in [-0.3, -0.25) is 4.79 Å². The van der Waals surface area contributed by atoms with Crippen molar-refractivity contribution in [2.24, 2.45) is 0 Å². The van der Waals surface area contributed by atoms with Gasteiger partial charge in [0, 0.05) is 16.8 Å². The number of ether oxygens (including phenoxy) is 1. The van der Waals surface area contributed by atoms with Gasteiger partial charge in [0.1, 0.15) is 5.75 Å². The second-order valence-corrected chi connectivity index (χ2v) is 7.75. The van der Waals surface area contributed by atoms with Crippen molar-refractivity contribution < 1.29 is 17.9 Å². The first kappa shape index (κ1) is 19.2. The highest BCUT2D eigenvalue weighted by Gasteiger charge is 2.16. The van der Waals surface area contributed by atoms with Crippen molar-refractivity contribution in [3.63, 3.8) is 0 Å². The van der Waals surface area contributed by atoms with Crippen molar-refractivity contribution >= 4 is 33.2 Å². The van der Waals surface area contributed by atoms with Crippen molar-refractivity contribution in [1.82, 2.24) is 4.72 Å². The average Bonchev–Trinajstić information content (AvgIpc) is 2.54. The van der Waals surface area contributed by atoms with E-state index in [-0.39, 0.29) is 16.5 Å². The Morgan fingerprint density at radius 3 is 2.32 bits per heavy atom. The summed E-state index contributed by atoms with van der Waals surface area (Å²) < 4.78 is 31.8. The van der Waals surface area contributed by atoms with Crippen molar-refractivity contribution in [3.8, 4) is 5.75 Å². The van der Waals surface area contributed by atoms with Gasteiger partial charge in [-0.2, -0.15) is 0 Å². The van der Waals surface area contributed by atoms with E-state index in [1.807, 2.05) is 0 Å². The van der Waals surface area contributed by atoms with E-state index < -0.39 is 15.9 Å². The number of hydrogen-bond donors (Lipinski definition) is 2. The number of carbonyl (C=O) groups excluding carboxylic acids is 1. The monoisotopic (exact) mass is 382 g/mol. The second-order valence-electron chi connectivity index (χ2n) is 5.60. The van der Waals surface area contributed by atoms with Crippen LogP contribution in [-0.4, -0.2) is 27.5 Å². The smallest absolute Gasteiger partial charge is 0.259 e. The largest absolute Gasteiger partial charge is 0.496 e. The van der Waals surface area contributed by atoms with Gasteiger partial charge in [-0.25, -0.2) is 13.1 Å². The van der Waals surface area contributed by atoms with Gasteiger partial charge in [0.05, 0.1) is 17.6 Å². The summed E-state index contributed by atoms with van der Waals surface area (Å²) >= 11 is 5.92. The number of hydrogen-bond acceptors (Lipinski definition) is 4. The molecule has 2 aromatic rings. The Morgan fingerprint density at radius 1 is 1.12 bits per heavy atom. The van der Waals surface area contributed by atoms with Gasteiger partial charge in [-0.1, -0.05) is 11.6 Å². The van der Waals surface area contributed by atoms with Crippen LogP contribution in [0.5, 0.6) is 5.75 Å². The third-order valence-corrected chi connectivity index (χ3v) is 5.13. The summed E-state index contributed by atoms with van der Waals surface area (Å²) in [6.07, 6.45) is 0. The maximum Gasteiger partial charge on any atom is 0.259 e. The zero-order chi connectivity index (χ0) is 18.6. The fourth-order valence-corrected chi connectivity index (χ4v) is 3.58. The highest BCUT2D eigenvalue weighted by Crippen LogP contribution is 2.24. The van der Waals surface area contributed by atoms with Crippen molar-refractivity contribution in [2.45, 2.75) is 24.8 Å². The third-order valence-electron chi connectivity index (χ3n) is 3.22. The van der Waals surface area contributed by atoms with Crippen LogP contribution in [0.15, 0.2) is 47.4 Å². The fraction of sp³-hybridized carbons (Fsp3) is 0.235. The Bertz CT molecular complexity index is 865. The molecule has 0 saturated carbocycles. The van der Waals surface area contributed by atoms with Gasteiger partial charge in [-0.15, -0.1) is 0 Å². The van der Waals surface area contributed by atoms with Gasteiger partial charge in [0.2, 0.25) is 10.0 Å². The van der Waals surface area contributed by atoms with E-state index in [4.69, 9.17) is 16.3 Å². The Kier molecular flexibility index (Phi) is 6.05. The van der Waals surface area contributed by atoms with Crippen LogP contribution in [0, 0.1) is 0 Å². The molecule has 0 radical (unpaired) electrons. The lowest BCUT2D eigenvalue weighted by Crippen LogP contribution is -2.30. The third kappa shape index (κ3) is 4.94. The number of rotatable bonds is 6. The van der Waals surface area contributed by atoms with E-state index in [0.717, 1.165) is 0 Å². The zero-order valence-corrected chi connectivity index (χ0v) is 15.6. The zero-order valence-electron chi connectivity index (χ0n) is 14.0. The molecule has 0 saturated heterocycles.